The third-order valence-electron chi connectivity index (χ3n) is 6.40. The number of aryl methyl sites for hydroxylation is 2. The standard InChI is InChI=1S/C30H35Cl2N3O4S/c1-6-27(30(37)33-20(2)3)34(18-23-9-11-24(31)12-10-23)29(36)19-35(28-16-13-25(32)17-22(28)5)40(38,39)26-14-7-21(4)8-15-26/h7-17,20,27H,6,18-19H2,1-5H3,(H,33,37)/t27-/m1/s1. The second-order valence-electron chi connectivity index (χ2n) is 9.99. The number of carbonyl (C=O) groups excluding carboxylic acids is 2. The van der Waals surface area contributed by atoms with E-state index in [2.05, 4.69) is 5.32 Å². The average molecular weight is 605 g/mol. The highest BCUT2D eigenvalue weighted by Crippen LogP contribution is 2.30. The molecule has 1 N–H and O–H groups in total. The zero-order chi connectivity index (χ0) is 29.6. The van der Waals surface area contributed by atoms with E-state index in [4.69, 9.17) is 23.2 Å². The van der Waals surface area contributed by atoms with Crippen molar-refractivity contribution in [2.45, 2.75) is 64.6 Å². The lowest BCUT2D eigenvalue weighted by Crippen LogP contribution is -2.53. The van der Waals surface area contributed by atoms with Crippen LogP contribution in [0.2, 0.25) is 10.0 Å². The maximum Gasteiger partial charge on any atom is 0.264 e. The van der Waals surface area contributed by atoms with E-state index in [1.54, 1.807) is 61.5 Å². The predicted octanol–water partition coefficient (Wildman–Crippen LogP) is 6.14. The molecule has 3 rings (SSSR count). The van der Waals surface area contributed by atoms with Crippen LogP contribution in [-0.2, 0) is 26.2 Å². The smallest absolute Gasteiger partial charge is 0.264 e. The van der Waals surface area contributed by atoms with Crippen molar-refractivity contribution in [3.63, 3.8) is 0 Å². The van der Waals surface area contributed by atoms with Gasteiger partial charge in [-0.2, -0.15) is 0 Å². The molecule has 0 unspecified atom stereocenters. The first kappa shape index (κ1) is 31.5. The van der Waals surface area contributed by atoms with Crippen molar-refractivity contribution in [3.05, 3.63) is 93.5 Å². The molecule has 0 spiro atoms. The van der Waals surface area contributed by atoms with Gasteiger partial charge in [0.1, 0.15) is 12.6 Å². The van der Waals surface area contributed by atoms with Crippen molar-refractivity contribution in [1.29, 1.82) is 0 Å². The van der Waals surface area contributed by atoms with Crippen molar-refractivity contribution in [1.82, 2.24) is 10.2 Å². The summed E-state index contributed by atoms with van der Waals surface area (Å²) in [6.07, 6.45) is 0.336. The number of anilines is 1. The van der Waals surface area contributed by atoms with Crippen LogP contribution in [0, 0.1) is 13.8 Å². The molecular formula is C30H35Cl2N3O4S. The molecule has 7 nitrogen and oxygen atoms in total. The molecule has 0 radical (unpaired) electrons. The van der Waals surface area contributed by atoms with Gasteiger partial charge < -0.3 is 10.2 Å². The number of amides is 2. The van der Waals surface area contributed by atoms with Crippen molar-refractivity contribution >= 4 is 50.7 Å². The SMILES string of the molecule is CC[C@H](C(=O)NC(C)C)N(Cc1ccc(Cl)cc1)C(=O)CN(c1ccc(Cl)cc1C)S(=O)(=O)c1ccc(C)cc1. The molecule has 1 atom stereocenters. The van der Waals surface area contributed by atoms with Crippen LogP contribution in [0.1, 0.15) is 43.9 Å². The largest absolute Gasteiger partial charge is 0.352 e. The molecule has 0 heterocycles. The Morgan fingerprint density at radius 2 is 1.50 bits per heavy atom. The van der Waals surface area contributed by atoms with Gasteiger partial charge in [-0.3, -0.25) is 13.9 Å². The van der Waals surface area contributed by atoms with E-state index < -0.39 is 28.5 Å². The molecule has 10 heteroatoms. The lowest BCUT2D eigenvalue weighted by molar-refractivity contribution is -0.140. The summed E-state index contributed by atoms with van der Waals surface area (Å²) in [7, 11) is -4.16. The van der Waals surface area contributed by atoms with Crippen LogP contribution in [-0.4, -0.2) is 43.8 Å². The first-order valence-electron chi connectivity index (χ1n) is 13.0. The summed E-state index contributed by atoms with van der Waals surface area (Å²) in [5, 5.41) is 3.87. The van der Waals surface area contributed by atoms with Gasteiger partial charge >= 0.3 is 0 Å². The summed E-state index contributed by atoms with van der Waals surface area (Å²) in [5.41, 5.74) is 2.57. The molecule has 0 saturated heterocycles. The van der Waals surface area contributed by atoms with Crippen molar-refractivity contribution in [2.24, 2.45) is 0 Å². The van der Waals surface area contributed by atoms with Gasteiger partial charge in [-0.05, 0) is 87.7 Å². The maximum atomic E-state index is 14.1. The van der Waals surface area contributed by atoms with Crippen molar-refractivity contribution < 1.29 is 18.0 Å². The molecule has 2 amide bonds. The van der Waals surface area contributed by atoms with E-state index in [1.165, 1.54) is 17.0 Å². The van der Waals surface area contributed by atoms with Crippen LogP contribution in [0.25, 0.3) is 0 Å². The van der Waals surface area contributed by atoms with Gasteiger partial charge in [0.05, 0.1) is 10.6 Å². The molecule has 0 fully saturated rings. The minimum absolute atomic E-state index is 0.0501. The van der Waals surface area contributed by atoms with Crippen LogP contribution in [0.5, 0.6) is 0 Å². The molecule has 0 aliphatic rings. The summed E-state index contributed by atoms with van der Waals surface area (Å²) in [6, 6.07) is 17.3. The molecule has 0 aliphatic heterocycles. The van der Waals surface area contributed by atoms with E-state index in [0.29, 0.717) is 27.7 Å². The molecule has 3 aromatic carbocycles. The van der Waals surface area contributed by atoms with Gasteiger partial charge in [-0.15, -0.1) is 0 Å². The van der Waals surface area contributed by atoms with Crippen LogP contribution < -0.4 is 9.62 Å². The van der Waals surface area contributed by atoms with Crippen LogP contribution in [0.3, 0.4) is 0 Å². The minimum Gasteiger partial charge on any atom is -0.352 e. The Hall–Kier alpha value is -3.07. The Labute approximate surface area is 247 Å². The third kappa shape index (κ3) is 7.77. The highest BCUT2D eigenvalue weighted by Gasteiger charge is 2.34. The molecular weight excluding hydrogens is 569 g/mol. The van der Waals surface area contributed by atoms with E-state index in [1.807, 2.05) is 27.7 Å². The number of carbonyl (C=O) groups is 2. The summed E-state index contributed by atoms with van der Waals surface area (Å²) in [5.74, 6) is -0.832. The van der Waals surface area contributed by atoms with Crippen LogP contribution >= 0.6 is 23.2 Å². The quantitative estimate of drug-likeness (QED) is 0.285. The van der Waals surface area contributed by atoms with Crippen molar-refractivity contribution in [2.75, 3.05) is 10.8 Å². The number of benzene rings is 3. The summed E-state index contributed by atoms with van der Waals surface area (Å²) >= 11 is 12.2. The lowest BCUT2D eigenvalue weighted by Gasteiger charge is -2.34. The van der Waals surface area contributed by atoms with E-state index in [0.717, 1.165) is 15.4 Å². The van der Waals surface area contributed by atoms with Gasteiger partial charge in [0.25, 0.3) is 10.0 Å². The van der Waals surface area contributed by atoms with Gasteiger partial charge in [0.2, 0.25) is 11.8 Å². The fourth-order valence-electron chi connectivity index (χ4n) is 4.34. The topological polar surface area (TPSA) is 86.8 Å². The zero-order valence-electron chi connectivity index (χ0n) is 23.3. The second-order valence-corrected chi connectivity index (χ2v) is 12.7. The third-order valence-corrected chi connectivity index (χ3v) is 8.66. The summed E-state index contributed by atoms with van der Waals surface area (Å²) in [6.45, 7) is 8.68. The second kappa shape index (κ2) is 13.5. The molecule has 0 aliphatic carbocycles. The Balaban J connectivity index is 2.09. The summed E-state index contributed by atoms with van der Waals surface area (Å²) in [4.78, 5) is 28.8. The minimum atomic E-state index is -4.16. The van der Waals surface area contributed by atoms with Gasteiger partial charge in [0, 0.05) is 22.6 Å². The van der Waals surface area contributed by atoms with Gasteiger partial charge in [-0.25, -0.2) is 8.42 Å². The first-order chi connectivity index (χ1) is 18.8. The Morgan fingerprint density at radius 1 is 0.900 bits per heavy atom. The number of nitrogens with zero attached hydrogens (tertiary/aromatic N) is 2. The fourth-order valence-corrected chi connectivity index (χ4v) is 6.17. The number of nitrogens with one attached hydrogen (secondary N) is 1. The highest BCUT2D eigenvalue weighted by molar-refractivity contribution is 7.92. The molecule has 214 valence electrons. The normalized spacial score (nSPS) is 12.2. The number of hydrogen-bond acceptors (Lipinski definition) is 4. The number of sulfonamides is 1. The summed E-state index contributed by atoms with van der Waals surface area (Å²) < 4.78 is 29.1. The van der Waals surface area contributed by atoms with E-state index >= 15 is 0 Å². The Kier molecular flexibility index (Phi) is 10.6. The number of rotatable bonds is 11. The molecule has 0 aromatic heterocycles. The van der Waals surface area contributed by atoms with Crippen molar-refractivity contribution in [3.8, 4) is 0 Å². The maximum absolute atomic E-state index is 14.1. The molecule has 0 bridgehead atoms. The van der Waals surface area contributed by atoms with Gasteiger partial charge in [0.15, 0.2) is 0 Å². The molecule has 3 aromatic rings. The van der Waals surface area contributed by atoms with Gasteiger partial charge in [-0.1, -0.05) is 60.0 Å². The highest BCUT2D eigenvalue weighted by atomic mass is 35.5. The van der Waals surface area contributed by atoms with E-state index in [9.17, 15) is 18.0 Å². The molecule has 0 saturated carbocycles. The number of halogens is 2. The monoisotopic (exact) mass is 603 g/mol. The Bertz CT molecular complexity index is 1440. The molecule has 40 heavy (non-hydrogen) atoms. The predicted molar refractivity (Wildman–Crippen MR) is 161 cm³/mol. The fraction of sp³-hybridized carbons (Fsp3) is 0.333. The zero-order valence-corrected chi connectivity index (χ0v) is 25.6. The van der Waals surface area contributed by atoms with Crippen LogP contribution in [0.15, 0.2) is 71.6 Å². The van der Waals surface area contributed by atoms with Crippen LogP contribution in [0.4, 0.5) is 5.69 Å². The lowest BCUT2D eigenvalue weighted by atomic mass is 10.1. The first-order valence-corrected chi connectivity index (χ1v) is 15.2. The van der Waals surface area contributed by atoms with E-state index in [-0.39, 0.29) is 23.4 Å². The Morgan fingerprint density at radius 3 is 2.05 bits per heavy atom. The average Bonchev–Trinajstić information content (AvgIpc) is 2.88. The number of hydrogen-bond donors (Lipinski definition) is 1.